The van der Waals surface area contributed by atoms with Gasteiger partial charge in [0.1, 0.15) is 12.4 Å². The Morgan fingerprint density at radius 1 is 1.00 bits per heavy atom. The van der Waals surface area contributed by atoms with Crippen molar-refractivity contribution in [2.45, 2.75) is 6.61 Å². The number of hydrazone groups is 1. The van der Waals surface area contributed by atoms with Crippen molar-refractivity contribution in [1.29, 1.82) is 0 Å². The van der Waals surface area contributed by atoms with Crippen molar-refractivity contribution in [3.05, 3.63) is 93.4 Å². The molecule has 0 bridgehead atoms. The Morgan fingerprint density at radius 3 is 2.38 bits per heavy atom. The number of carbonyl (C=O) groups excluding carboxylic acids is 1. The van der Waals surface area contributed by atoms with Gasteiger partial charge < -0.3 is 10.1 Å². The van der Waals surface area contributed by atoms with Gasteiger partial charge in [0, 0.05) is 15.2 Å². The standard InChI is InChI=1S/C22H19BrClN3O2/c23-18-5-1-17(2-6-18)15-29-21-11-3-16(4-12-21)13-26-27-22(28)14-25-20-9-7-19(24)8-10-20/h1-13,25H,14-15H2,(H,27,28)/b26-13-. The van der Waals surface area contributed by atoms with Gasteiger partial charge in [-0.25, -0.2) is 5.43 Å². The maximum atomic E-state index is 11.8. The minimum absolute atomic E-state index is 0.113. The molecule has 0 aromatic heterocycles. The van der Waals surface area contributed by atoms with Crippen LogP contribution >= 0.6 is 27.5 Å². The lowest BCUT2D eigenvalue weighted by Crippen LogP contribution is -2.25. The Balaban J connectivity index is 1.41. The largest absolute Gasteiger partial charge is 0.489 e. The van der Waals surface area contributed by atoms with Crippen LogP contribution in [0.5, 0.6) is 5.75 Å². The summed E-state index contributed by atoms with van der Waals surface area (Å²) in [6, 6.07) is 22.6. The van der Waals surface area contributed by atoms with Gasteiger partial charge in [0.2, 0.25) is 0 Å². The molecule has 3 aromatic carbocycles. The summed E-state index contributed by atoms with van der Waals surface area (Å²) in [5.41, 5.74) is 5.24. The lowest BCUT2D eigenvalue weighted by atomic mass is 10.2. The lowest BCUT2D eigenvalue weighted by Gasteiger charge is -2.07. The van der Waals surface area contributed by atoms with E-state index in [9.17, 15) is 4.79 Å². The molecule has 0 aliphatic rings. The van der Waals surface area contributed by atoms with E-state index in [-0.39, 0.29) is 12.5 Å². The summed E-state index contributed by atoms with van der Waals surface area (Å²) in [6.07, 6.45) is 1.58. The third-order valence-corrected chi connectivity index (χ3v) is 4.68. The minimum atomic E-state index is -0.245. The molecule has 7 heteroatoms. The van der Waals surface area contributed by atoms with Gasteiger partial charge in [-0.1, -0.05) is 39.7 Å². The number of halogens is 2. The fourth-order valence-corrected chi connectivity index (χ4v) is 2.76. The number of ether oxygens (including phenoxy) is 1. The minimum Gasteiger partial charge on any atom is -0.489 e. The predicted molar refractivity (Wildman–Crippen MR) is 121 cm³/mol. The summed E-state index contributed by atoms with van der Waals surface area (Å²) >= 11 is 9.24. The Kier molecular flexibility index (Phi) is 7.67. The average Bonchev–Trinajstić information content (AvgIpc) is 2.74. The number of hydrogen-bond acceptors (Lipinski definition) is 4. The van der Waals surface area contributed by atoms with Crippen LogP contribution in [0.25, 0.3) is 0 Å². The molecule has 0 spiro atoms. The van der Waals surface area contributed by atoms with Crippen LogP contribution in [0.4, 0.5) is 5.69 Å². The number of nitrogens with one attached hydrogen (secondary N) is 2. The molecular formula is C22H19BrClN3O2. The molecule has 29 heavy (non-hydrogen) atoms. The summed E-state index contributed by atoms with van der Waals surface area (Å²) in [5.74, 6) is 0.520. The maximum absolute atomic E-state index is 11.8. The van der Waals surface area contributed by atoms with Crippen molar-refractivity contribution < 1.29 is 9.53 Å². The molecule has 1 amide bonds. The molecule has 0 radical (unpaired) electrons. The third-order valence-electron chi connectivity index (χ3n) is 3.90. The fourth-order valence-electron chi connectivity index (χ4n) is 2.37. The van der Waals surface area contributed by atoms with Crippen LogP contribution in [0, 0.1) is 0 Å². The Morgan fingerprint density at radius 2 is 1.69 bits per heavy atom. The first-order chi connectivity index (χ1) is 14.1. The molecule has 3 aromatic rings. The van der Waals surface area contributed by atoms with E-state index in [4.69, 9.17) is 16.3 Å². The highest BCUT2D eigenvalue weighted by Gasteiger charge is 2.00. The van der Waals surface area contributed by atoms with Crippen molar-refractivity contribution in [2.24, 2.45) is 5.10 Å². The van der Waals surface area contributed by atoms with Crippen LogP contribution in [-0.4, -0.2) is 18.7 Å². The normalized spacial score (nSPS) is 10.7. The zero-order valence-corrected chi connectivity index (χ0v) is 17.8. The molecule has 0 heterocycles. The quantitative estimate of drug-likeness (QED) is 0.348. The Hall–Kier alpha value is -2.83. The van der Waals surface area contributed by atoms with E-state index < -0.39 is 0 Å². The molecule has 0 atom stereocenters. The highest BCUT2D eigenvalue weighted by molar-refractivity contribution is 9.10. The van der Waals surface area contributed by atoms with Crippen molar-refractivity contribution in [3.63, 3.8) is 0 Å². The van der Waals surface area contributed by atoms with E-state index in [1.165, 1.54) is 0 Å². The number of anilines is 1. The zero-order valence-electron chi connectivity index (χ0n) is 15.4. The van der Waals surface area contributed by atoms with E-state index in [1.807, 2.05) is 48.5 Å². The van der Waals surface area contributed by atoms with Crippen LogP contribution in [0.2, 0.25) is 5.02 Å². The first kappa shape index (κ1) is 20.9. The number of hydrogen-bond donors (Lipinski definition) is 2. The molecule has 0 saturated carbocycles. The first-order valence-electron chi connectivity index (χ1n) is 8.87. The zero-order chi connectivity index (χ0) is 20.5. The molecule has 3 rings (SSSR count). The van der Waals surface area contributed by atoms with Crippen molar-refractivity contribution >= 4 is 45.3 Å². The number of nitrogens with zero attached hydrogens (tertiary/aromatic N) is 1. The predicted octanol–water partition coefficient (Wildman–Crippen LogP) is 5.24. The number of benzene rings is 3. The van der Waals surface area contributed by atoms with E-state index in [2.05, 4.69) is 31.8 Å². The fraction of sp³-hybridized carbons (Fsp3) is 0.0909. The molecule has 2 N–H and O–H groups in total. The first-order valence-corrected chi connectivity index (χ1v) is 10.0. The smallest absolute Gasteiger partial charge is 0.259 e. The topological polar surface area (TPSA) is 62.7 Å². The molecular weight excluding hydrogens is 454 g/mol. The van der Waals surface area contributed by atoms with Gasteiger partial charge in [0.15, 0.2) is 0 Å². The summed E-state index contributed by atoms with van der Waals surface area (Å²) < 4.78 is 6.80. The van der Waals surface area contributed by atoms with Gasteiger partial charge in [0.25, 0.3) is 5.91 Å². The molecule has 0 aliphatic heterocycles. The second kappa shape index (κ2) is 10.6. The van der Waals surface area contributed by atoms with Crippen LogP contribution in [0.15, 0.2) is 82.4 Å². The summed E-state index contributed by atoms with van der Waals surface area (Å²) in [5, 5.41) is 7.61. The van der Waals surface area contributed by atoms with E-state index in [0.29, 0.717) is 11.6 Å². The van der Waals surface area contributed by atoms with Crippen molar-refractivity contribution in [3.8, 4) is 5.75 Å². The molecule has 0 unspecified atom stereocenters. The number of amides is 1. The summed E-state index contributed by atoms with van der Waals surface area (Å²) in [4.78, 5) is 11.8. The highest BCUT2D eigenvalue weighted by Crippen LogP contribution is 2.16. The summed E-state index contributed by atoms with van der Waals surface area (Å²) in [7, 11) is 0. The van der Waals surface area contributed by atoms with Gasteiger partial charge >= 0.3 is 0 Å². The third kappa shape index (κ3) is 7.25. The van der Waals surface area contributed by atoms with Gasteiger partial charge in [-0.05, 0) is 71.8 Å². The Labute approximate surface area is 182 Å². The van der Waals surface area contributed by atoms with Gasteiger partial charge in [-0.2, -0.15) is 5.10 Å². The highest BCUT2D eigenvalue weighted by atomic mass is 79.9. The Bertz CT molecular complexity index is 959. The monoisotopic (exact) mass is 471 g/mol. The lowest BCUT2D eigenvalue weighted by molar-refractivity contribution is -0.119. The second-order valence-electron chi connectivity index (χ2n) is 6.14. The molecule has 0 fully saturated rings. The van der Waals surface area contributed by atoms with Crippen LogP contribution in [0.1, 0.15) is 11.1 Å². The van der Waals surface area contributed by atoms with E-state index in [0.717, 1.165) is 27.0 Å². The van der Waals surface area contributed by atoms with E-state index in [1.54, 1.807) is 30.5 Å². The summed E-state index contributed by atoms with van der Waals surface area (Å²) in [6.45, 7) is 0.610. The average molecular weight is 473 g/mol. The van der Waals surface area contributed by atoms with Gasteiger partial charge in [0.05, 0.1) is 12.8 Å². The van der Waals surface area contributed by atoms with Crippen molar-refractivity contribution in [1.82, 2.24) is 5.43 Å². The van der Waals surface area contributed by atoms with Crippen LogP contribution < -0.4 is 15.5 Å². The molecule has 0 aliphatic carbocycles. The van der Waals surface area contributed by atoms with Crippen LogP contribution in [0.3, 0.4) is 0 Å². The number of rotatable bonds is 8. The van der Waals surface area contributed by atoms with Crippen LogP contribution in [-0.2, 0) is 11.4 Å². The van der Waals surface area contributed by atoms with Gasteiger partial charge in [-0.3, -0.25) is 4.79 Å². The van der Waals surface area contributed by atoms with Crippen molar-refractivity contribution in [2.75, 3.05) is 11.9 Å². The molecule has 0 saturated heterocycles. The molecule has 5 nitrogen and oxygen atoms in total. The number of carbonyl (C=O) groups is 1. The van der Waals surface area contributed by atoms with E-state index >= 15 is 0 Å². The maximum Gasteiger partial charge on any atom is 0.259 e. The second-order valence-corrected chi connectivity index (χ2v) is 7.49. The SMILES string of the molecule is O=C(CNc1ccc(Cl)cc1)N/N=C\c1ccc(OCc2ccc(Br)cc2)cc1. The molecule has 148 valence electrons. The van der Waals surface area contributed by atoms with Gasteiger partial charge in [-0.15, -0.1) is 0 Å².